The number of nitrogens with zero attached hydrogens (tertiary/aromatic N) is 2. The van der Waals surface area contributed by atoms with E-state index in [0.717, 1.165) is 45.3 Å². The predicted molar refractivity (Wildman–Crippen MR) is 83.4 cm³/mol. The van der Waals surface area contributed by atoms with Gasteiger partial charge in [0, 0.05) is 38.1 Å². The van der Waals surface area contributed by atoms with Crippen molar-refractivity contribution in [2.75, 3.05) is 26.2 Å². The fourth-order valence-corrected chi connectivity index (χ4v) is 3.64. The highest BCUT2D eigenvalue weighted by atomic mass is 35.5. The van der Waals surface area contributed by atoms with Crippen molar-refractivity contribution < 1.29 is 9.59 Å². The van der Waals surface area contributed by atoms with Gasteiger partial charge in [-0.3, -0.25) is 9.59 Å². The molecule has 0 aromatic heterocycles. The SMILES string of the molecule is Cl.O=C1CCCCCN1CC(=O)N1CCC2CCC(C1)N2. The maximum atomic E-state index is 12.5. The first-order chi connectivity index (χ1) is 9.72. The summed E-state index contributed by atoms with van der Waals surface area (Å²) in [6.07, 6.45) is 7.20. The van der Waals surface area contributed by atoms with Crippen molar-refractivity contribution in [1.82, 2.24) is 15.1 Å². The minimum atomic E-state index is 0. The van der Waals surface area contributed by atoms with Crippen LogP contribution in [-0.4, -0.2) is 59.9 Å². The van der Waals surface area contributed by atoms with E-state index in [-0.39, 0.29) is 30.8 Å². The maximum absolute atomic E-state index is 12.5. The lowest BCUT2D eigenvalue weighted by Gasteiger charge is -2.28. The number of hydrogen-bond acceptors (Lipinski definition) is 3. The largest absolute Gasteiger partial charge is 0.340 e. The summed E-state index contributed by atoms with van der Waals surface area (Å²) in [6, 6.07) is 1.06. The number of nitrogens with one attached hydrogen (secondary N) is 1. The zero-order valence-corrected chi connectivity index (χ0v) is 13.4. The van der Waals surface area contributed by atoms with Crippen molar-refractivity contribution in [3.05, 3.63) is 0 Å². The van der Waals surface area contributed by atoms with Gasteiger partial charge in [0.15, 0.2) is 0 Å². The van der Waals surface area contributed by atoms with Gasteiger partial charge >= 0.3 is 0 Å². The molecule has 6 heteroatoms. The zero-order chi connectivity index (χ0) is 13.9. The molecule has 3 saturated heterocycles. The van der Waals surface area contributed by atoms with Crippen LogP contribution in [0.4, 0.5) is 0 Å². The van der Waals surface area contributed by atoms with E-state index in [2.05, 4.69) is 5.32 Å². The molecule has 0 radical (unpaired) electrons. The predicted octanol–water partition coefficient (Wildman–Crippen LogP) is 1.16. The molecule has 21 heavy (non-hydrogen) atoms. The molecular formula is C15H26ClN3O2. The third-order valence-electron chi connectivity index (χ3n) is 4.87. The fourth-order valence-electron chi connectivity index (χ4n) is 3.64. The third kappa shape index (κ3) is 4.10. The first kappa shape index (κ1) is 16.6. The summed E-state index contributed by atoms with van der Waals surface area (Å²) in [6.45, 7) is 2.70. The number of hydrogen-bond donors (Lipinski definition) is 1. The van der Waals surface area contributed by atoms with Crippen molar-refractivity contribution in [3.63, 3.8) is 0 Å². The van der Waals surface area contributed by atoms with Crippen molar-refractivity contribution in [2.45, 2.75) is 57.0 Å². The van der Waals surface area contributed by atoms with E-state index in [9.17, 15) is 9.59 Å². The van der Waals surface area contributed by atoms with Gasteiger partial charge in [0.2, 0.25) is 11.8 Å². The minimum absolute atomic E-state index is 0. The lowest BCUT2D eigenvalue weighted by atomic mass is 10.1. The first-order valence-electron chi connectivity index (χ1n) is 8.04. The Morgan fingerprint density at radius 3 is 2.76 bits per heavy atom. The lowest BCUT2D eigenvalue weighted by Crippen LogP contribution is -2.45. The van der Waals surface area contributed by atoms with E-state index in [1.807, 2.05) is 4.90 Å². The number of likely N-dealkylation sites (tertiary alicyclic amines) is 2. The third-order valence-corrected chi connectivity index (χ3v) is 4.87. The molecule has 2 amide bonds. The van der Waals surface area contributed by atoms with Crippen molar-refractivity contribution >= 4 is 24.2 Å². The second-order valence-corrected chi connectivity index (χ2v) is 6.39. The molecule has 1 N–H and O–H groups in total. The monoisotopic (exact) mass is 315 g/mol. The molecule has 120 valence electrons. The summed E-state index contributed by atoms with van der Waals surface area (Å²) >= 11 is 0. The normalized spacial score (nSPS) is 29.6. The average molecular weight is 316 g/mol. The van der Waals surface area contributed by atoms with Crippen molar-refractivity contribution in [1.29, 1.82) is 0 Å². The summed E-state index contributed by atoms with van der Waals surface area (Å²) in [5.74, 6) is 0.292. The number of halogens is 1. The van der Waals surface area contributed by atoms with Crippen LogP contribution in [-0.2, 0) is 9.59 Å². The van der Waals surface area contributed by atoms with Crippen molar-refractivity contribution in [3.8, 4) is 0 Å². The van der Waals surface area contributed by atoms with Gasteiger partial charge in [-0.25, -0.2) is 0 Å². The standard InChI is InChI=1S/C15H25N3O2.ClH/c19-14-4-2-1-3-8-17(14)11-15(20)18-9-7-12-5-6-13(10-18)16-12;/h12-13,16H,1-11H2;1H. The van der Waals surface area contributed by atoms with Crippen LogP contribution in [0.25, 0.3) is 0 Å². The van der Waals surface area contributed by atoms with E-state index in [0.29, 0.717) is 18.5 Å². The molecule has 0 spiro atoms. The van der Waals surface area contributed by atoms with Gasteiger partial charge in [-0.1, -0.05) is 6.42 Å². The Balaban J connectivity index is 0.00000161. The topological polar surface area (TPSA) is 52.7 Å². The number of carbonyl (C=O) groups is 2. The smallest absolute Gasteiger partial charge is 0.242 e. The van der Waals surface area contributed by atoms with E-state index in [1.165, 1.54) is 12.8 Å². The van der Waals surface area contributed by atoms with Gasteiger partial charge in [0.1, 0.15) is 0 Å². The van der Waals surface area contributed by atoms with Gasteiger partial charge in [-0.2, -0.15) is 0 Å². The minimum Gasteiger partial charge on any atom is -0.340 e. The number of rotatable bonds is 2. The molecule has 2 unspecified atom stereocenters. The van der Waals surface area contributed by atoms with E-state index >= 15 is 0 Å². The Bertz CT molecular complexity index is 391. The van der Waals surface area contributed by atoms with Crippen LogP contribution >= 0.6 is 12.4 Å². The van der Waals surface area contributed by atoms with Crippen LogP contribution in [0.15, 0.2) is 0 Å². The van der Waals surface area contributed by atoms with Gasteiger partial charge in [0.25, 0.3) is 0 Å². The first-order valence-corrected chi connectivity index (χ1v) is 8.04. The highest BCUT2D eigenvalue weighted by Crippen LogP contribution is 2.20. The molecular weight excluding hydrogens is 290 g/mol. The molecule has 3 aliphatic heterocycles. The molecule has 3 aliphatic rings. The highest BCUT2D eigenvalue weighted by molar-refractivity contribution is 5.85. The highest BCUT2D eigenvalue weighted by Gasteiger charge is 2.32. The molecule has 5 nitrogen and oxygen atoms in total. The quantitative estimate of drug-likeness (QED) is 0.832. The molecule has 0 aromatic carbocycles. The average Bonchev–Trinajstić information content (AvgIpc) is 2.62. The van der Waals surface area contributed by atoms with Crippen LogP contribution in [0.5, 0.6) is 0 Å². The number of fused-ring (bicyclic) bond motifs is 2. The van der Waals surface area contributed by atoms with Crippen LogP contribution in [0.2, 0.25) is 0 Å². The van der Waals surface area contributed by atoms with Crippen molar-refractivity contribution in [2.24, 2.45) is 0 Å². The fraction of sp³-hybridized carbons (Fsp3) is 0.867. The summed E-state index contributed by atoms with van der Waals surface area (Å²) in [5.41, 5.74) is 0. The Morgan fingerprint density at radius 1 is 1.10 bits per heavy atom. The summed E-state index contributed by atoms with van der Waals surface area (Å²) < 4.78 is 0. The molecule has 0 aromatic rings. The van der Waals surface area contributed by atoms with E-state index in [1.54, 1.807) is 4.90 Å². The van der Waals surface area contributed by atoms with Crippen LogP contribution in [0.3, 0.4) is 0 Å². The van der Waals surface area contributed by atoms with E-state index in [4.69, 9.17) is 0 Å². The molecule has 3 fully saturated rings. The van der Waals surface area contributed by atoms with Gasteiger partial charge < -0.3 is 15.1 Å². The number of carbonyl (C=O) groups excluding carboxylic acids is 2. The Labute approximate surface area is 132 Å². The van der Waals surface area contributed by atoms with E-state index < -0.39 is 0 Å². The Morgan fingerprint density at radius 2 is 1.90 bits per heavy atom. The second kappa shape index (κ2) is 7.45. The van der Waals surface area contributed by atoms with Crippen LogP contribution in [0.1, 0.15) is 44.9 Å². The summed E-state index contributed by atoms with van der Waals surface area (Å²) in [7, 11) is 0. The maximum Gasteiger partial charge on any atom is 0.242 e. The second-order valence-electron chi connectivity index (χ2n) is 6.39. The zero-order valence-electron chi connectivity index (χ0n) is 12.6. The summed E-state index contributed by atoms with van der Waals surface area (Å²) in [4.78, 5) is 28.2. The molecule has 3 rings (SSSR count). The Kier molecular flexibility index (Phi) is 5.88. The van der Waals surface area contributed by atoms with Gasteiger partial charge in [-0.05, 0) is 32.1 Å². The summed E-state index contributed by atoms with van der Waals surface area (Å²) in [5, 5.41) is 3.59. The molecule has 2 bridgehead atoms. The van der Waals surface area contributed by atoms with Crippen LogP contribution in [0, 0.1) is 0 Å². The van der Waals surface area contributed by atoms with Gasteiger partial charge in [0.05, 0.1) is 6.54 Å². The molecule has 0 aliphatic carbocycles. The van der Waals surface area contributed by atoms with Gasteiger partial charge in [-0.15, -0.1) is 12.4 Å². The molecule has 2 atom stereocenters. The molecule has 3 heterocycles. The van der Waals surface area contributed by atoms with Crippen LogP contribution < -0.4 is 5.32 Å². The lowest BCUT2D eigenvalue weighted by molar-refractivity contribution is -0.140. The molecule has 0 saturated carbocycles. The number of amides is 2. The Hall–Kier alpha value is -0.810.